The van der Waals surface area contributed by atoms with E-state index < -0.39 is 0 Å². The number of rotatable bonds is 7. The van der Waals surface area contributed by atoms with E-state index >= 15 is 0 Å². The Balaban J connectivity index is 1.90. The average Bonchev–Trinajstić information content (AvgIpc) is 2.63. The van der Waals surface area contributed by atoms with Gasteiger partial charge in [0.2, 0.25) is 0 Å². The normalized spacial score (nSPS) is 11.1. The van der Waals surface area contributed by atoms with Crippen molar-refractivity contribution in [3.8, 4) is 0 Å². The maximum atomic E-state index is 5.43. The van der Waals surface area contributed by atoms with Crippen molar-refractivity contribution < 1.29 is 4.74 Å². The Morgan fingerprint density at radius 1 is 1.57 bits per heavy atom. The summed E-state index contributed by atoms with van der Waals surface area (Å²) in [4.78, 5) is 5.30. The van der Waals surface area contributed by atoms with Crippen LogP contribution in [0.3, 0.4) is 0 Å². The average molecular weight is 214 g/mol. The summed E-state index contributed by atoms with van der Waals surface area (Å²) in [5.41, 5.74) is 1.86. The minimum absolute atomic E-state index is 0.344. The summed E-state index contributed by atoms with van der Waals surface area (Å²) in [6.07, 6.45) is 3.32. The minimum Gasteiger partial charge on any atom is -0.379 e. The number of ether oxygens (including phenoxy) is 1. The lowest BCUT2D eigenvalue weighted by molar-refractivity contribution is 0.0770. The SMILES string of the molecule is CC(C)OCCCNCc1cncs1. The Morgan fingerprint density at radius 2 is 2.43 bits per heavy atom. The maximum Gasteiger partial charge on any atom is 0.0794 e. The second-order valence-corrected chi connectivity index (χ2v) is 4.39. The zero-order valence-corrected chi connectivity index (χ0v) is 9.64. The molecule has 0 saturated heterocycles. The van der Waals surface area contributed by atoms with Crippen LogP contribution in [0.4, 0.5) is 0 Å². The number of thiazole rings is 1. The highest BCUT2D eigenvalue weighted by Gasteiger charge is 1.95. The minimum atomic E-state index is 0.344. The quantitative estimate of drug-likeness (QED) is 0.705. The Hall–Kier alpha value is -0.450. The van der Waals surface area contributed by atoms with Gasteiger partial charge in [-0.1, -0.05) is 0 Å². The molecule has 0 amide bonds. The predicted molar refractivity (Wildman–Crippen MR) is 59.5 cm³/mol. The van der Waals surface area contributed by atoms with Crippen molar-refractivity contribution in [3.05, 3.63) is 16.6 Å². The molecule has 0 fully saturated rings. The Kier molecular flexibility index (Phi) is 5.75. The van der Waals surface area contributed by atoms with Crippen molar-refractivity contribution in [2.24, 2.45) is 0 Å². The van der Waals surface area contributed by atoms with Gasteiger partial charge in [0.05, 0.1) is 11.6 Å². The van der Waals surface area contributed by atoms with Crippen LogP contribution in [0.1, 0.15) is 25.1 Å². The standard InChI is InChI=1S/C10H18N2OS/c1-9(2)13-5-3-4-11-6-10-7-12-8-14-10/h7-9,11H,3-6H2,1-2H3. The molecule has 0 atom stereocenters. The van der Waals surface area contributed by atoms with E-state index in [1.165, 1.54) is 4.88 Å². The smallest absolute Gasteiger partial charge is 0.0794 e. The molecule has 0 radical (unpaired) electrons. The summed E-state index contributed by atoms with van der Waals surface area (Å²) >= 11 is 1.69. The summed E-state index contributed by atoms with van der Waals surface area (Å²) in [7, 11) is 0. The van der Waals surface area contributed by atoms with E-state index in [9.17, 15) is 0 Å². The van der Waals surface area contributed by atoms with E-state index in [1.807, 2.05) is 11.7 Å². The fourth-order valence-corrected chi connectivity index (χ4v) is 1.62. The fraction of sp³-hybridized carbons (Fsp3) is 0.700. The highest BCUT2D eigenvalue weighted by atomic mass is 32.1. The summed E-state index contributed by atoms with van der Waals surface area (Å²) in [5, 5.41) is 3.35. The molecule has 1 N–H and O–H groups in total. The van der Waals surface area contributed by atoms with Gasteiger partial charge >= 0.3 is 0 Å². The summed E-state index contributed by atoms with van der Waals surface area (Å²) < 4.78 is 5.43. The van der Waals surface area contributed by atoms with Crippen LogP contribution < -0.4 is 5.32 Å². The Bertz CT molecular complexity index is 224. The molecule has 1 aromatic rings. The summed E-state index contributed by atoms with van der Waals surface area (Å²) in [6, 6.07) is 0. The molecule has 0 saturated carbocycles. The van der Waals surface area contributed by atoms with Gasteiger partial charge in [-0.25, -0.2) is 0 Å². The van der Waals surface area contributed by atoms with Crippen LogP contribution in [-0.4, -0.2) is 24.2 Å². The Labute approximate surface area is 89.5 Å². The van der Waals surface area contributed by atoms with Crippen molar-refractivity contribution in [2.45, 2.75) is 32.9 Å². The monoisotopic (exact) mass is 214 g/mol. The molecule has 0 aromatic carbocycles. The van der Waals surface area contributed by atoms with Crippen LogP contribution in [0.2, 0.25) is 0 Å². The van der Waals surface area contributed by atoms with Crippen molar-refractivity contribution in [3.63, 3.8) is 0 Å². The van der Waals surface area contributed by atoms with Crippen molar-refractivity contribution in [1.29, 1.82) is 0 Å². The molecule has 1 aromatic heterocycles. The van der Waals surface area contributed by atoms with Gasteiger partial charge in [-0.15, -0.1) is 11.3 Å². The molecule has 0 aliphatic carbocycles. The topological polar surface area (TPSA) is 34.1 Å². The third kappa shape index (κ3) is 5.32. The molecule has 0 unspecified atom stereocenters. The number of hydrogen-bond acceptors (Lipinski definition) is 4. The van der Waals surface area contributed by atoms with Crippen LogP contribution in [0, 0.1) is 0 Å². The second kappa shape index (κ2) is 6.92. The van der Waals surface area contributed by atoms with E-state index in [0.29, 0.717) is 6.10 Å². The van der Waals surface area contributed by atoms with Crippen LogP contribution in [0.15, 0.2) is 11.7 Å². The lowest BCUT2D eigenvalue weighted by atomic mass is 10.4. The molecule has 4 heteroatoms. The highest BCUT2D eigenvalue weighted by Crippen LogP contribution is 2.03. The number of nitrogens with one attached hydrogen (secondary N) is 1. The van der Waals surface area contributed by atoms with Gasteiger partial charge in [0, 0.05) is 24.2 Å². The summed E-state index contributed by atoms with van der Waals surface area (Å²) in [6.45, 7) is 6.89. The molecule has 80 valence electrons. The molecular formula is C10H18N2OS. The molecule has 3 nitrogen and oxygen atoms in total. The lowest BCUT2D eigenvalue weighted by Gasteiger charge is -2.07. The van der Waals surface area contributed by atoms with E-state index in [-0.39, 0.29) is 0 Å². The number of nitrogens with zero attached hydrogens (tertiary/aromatic N) is 1. The van der Waals surface area contributed by atoms with Crippen LogP contribution in [-0.2, 0) is 11.3 Å². The molecule has 1 heterocycles. The van der Waals surface area contributed by atoms with Crippen molar-refractivity contribution >= 4 is 11.3 Å². The molecule has 0 bridgehead atoms. The first-order chi connectivity index (χ1) is 6.79. The van der Waals surface area contributed by atoms with Crippen LogP contribution in [0.5, 0.6) is 0 Å². The zero-order valence-electron chi connectivity index (χ0n) is 8.82. The molecule has 0 spiro atoms. The highest BCUT2D eigenvalue weighted by molar-refractivity contribution is 7.09. The first-order valence-corrected chi connectivity index (χ1v) is 5.86. The van der Waals surface area contributed by atoms with Gasteiger partial charge in [0.1, 0.15) is 0 Å². The third-order valence-corrected chi connectivity index (χ3v) is 2.51. The van der Waals surface area contributed by atoms with E-state index in [2.05, 4.69) is 24.1 Å². The largest absolute Gasteiger partial charge is 0.379 e. The fourth-order valence-electron chi connectivity index (χ4n) is 1.06. The molecule has 0 aliphatic heterocycles. The molecule has 1 rings (SSSR count). The number of aromatic nitrogens is 1. The molecular weight excluding hydrogens is 196 g/mol. The van der Waals surface area contributed by atoms with E-state index in [0.717, 1.165) is 26.1 Å². The first-order valence-electron chi connectivity index (χ1n) is 4.98. The van der Waals surface area contributed by atoms with E-state index in [4.69, 9.17) is 4.74 Å². The predicted octanol–water partition coefficient (Wildman–Crippen LogP) is 2.05. The lowest BCUT2D eigenvalue weighted by Crippen LogP contribution is -2.16. The Morgan fingerprint density at radius 3 is 3.07 bits per heavy atom. The summed E-state index contributed by atoms with van der Waals surface area (Å²) in [5.74, 6) is 0. The van der Waals surface area contributed by atoms with E-state index in [1.54, 1.807) is 11.3 Å². The van der Waals surface area contributed by atoms with Gasteiger partial charge in [0.15, 0.2) is 0 Å². The van der Waals surface area contributed by atoms with Gasteiger partial charge < -0.3 is 10.1 Å². The number of hydrogen-bond donors (Lipinski definition) is 1. The van der Waals surface area contributed by atoms with Crippen LogP contribution >= 0.6 is 11.3 Å². The second-order valence-electron chi connectivity index (χ2n) is 3.42. The van der Waals surface area contributed by atoms with Gasteiger partial charge in [-0.3, -0.25) is 4.98 Å². The van der Waals surface area contributed by atoms with Crippen LogP contribution in [0.25, 0.3) is 0 Å². The first kappa shape index (κ1) is 11.6. The molecule has 0 aliphatic rings. The van der Waals surface area contributed by atoms with Gasteiger partial charge in [0.25, 0.3) is 0 Å². The van der Waals surface area contributed by atoms with Crippen molar-refractivity contribution in [1.82, 2.24) is 10.3 Å². The van der Waals surface area contributed by atoms with Gasteiger partial charge in [-0.2, -0.15) is 0 Å². The maximum absolute atomic E-state index is 5.43. The van der Waals surface area contributed by atoms with Crippen molar-refractivity contribution in [2.75, 3.05) is 13.2 Å². The molecule has 14 heavy (non-hydrogen) atoms. The van der Waals surface area contributed by atoms with Gasteiger partial charge in [-0.05, 0) is 26.8 Å². The third-order valence-electron chi connectivity index (χ3n) is 1.73. The zero-order chi connectivity index (χ0) is 10.2.